The lowest BCUT2D eigenvalue weighted by Crippen LogP contribution is -2.42. The highest BCUT2D eigenvalue weighted by Gasteiger charge is 2.28. The largest absolute Gasteiger partial charge is 0.481 e. The van der Waals surface area contributed by atoms with Crippen LogP contribution < -0.4 is 5.32 Å². The van der Waals surface area contributed by atoms with Crippen LogP contribution in [-0.2, 0) is 9.53 Å². The van der Waals surface area contributed by atoms with Gasteiger partial charge >= 0.3 is 5.97 Å². The van der Waals surface area contributed by atoms with Crippen molar-refractivity contribution in [3.05, 3.63) is 0 Å². The topological polar surface area (TPSA) is 58.6 Å². The molecule has 1 saturated carbocycles. The predicted molar refractivity (Wildman–Crippen MR) is 55.7 cm³/mol. The molecular weight excluding hydrogens is 194 g/mol. The van der Waals surface area contributed by atoms with Crippen molar-refractivity contribution in [3.63, 3.8) is 0 Å². The van der Waals surface area contributed by atoms with E-state index < -0.39 is 5.97 Å². The van der Waals surface area contributed by atoms with E-state index >= 15 is 0 Å². The molecular formula is C11H19NO3. The summed E-state index contributed by atoms with van der Waals surface area (Å²) in [6.07, 6.45) is 4.83. The first-order valence-corrected chi connectivity index (χ1v) is 5.82. The molecule has 1 aliphatic heterocycles. The Hall–Kier alpha value is -0.610. The second-order valence-electron chi connectivity index (χ2n) is 4.63. The number of hydrogen-bond donors (Lipinski definition) is 2. The molecule has 2 rings (SSSR count). The number of carbonyl (C=O) groups is 1. The van der Waals surface area contributed by atoms with E-state index in [0.717, 1.165) is 45.3 Å². The van der Waals surface area contributed by atoms with Crippen molar-refractivity contribution >= 4 is 5.97 Å². The average molecular weight is 213 g/mol. The maximum Gasteiger partial charge on any atom is 0.306 e. The molecule has 0 spiro atoms. The molecule has 0 aromatic carbocycles. The van der Waals surface area contributed by atoms with Crippen molar-refractivity contribution in [2.45, 2.75) is 44.2 Å². The fraction of sp³-hybridized carbons (Fsp3) is 0.909. The highest BCUT2D eigenvalue weighted by atomic mass is 16.5. The standard InChI is InChI=1S/C11H19NO3/c13-11(14)8-2-1-3-9(6-8)12-10-4-5-15-7-10/h8-10,12H,1-7H2,(H,13,14). The number of rotatable bonds is 3. The minimum absolute atomic E-state index is 0.140. The van der Waals surface area contributed by atoms with Crippen LogP contribution in [0, 0.1) is 5.92 Å². The molecule has 1 saturated heterocycles. The number of ether oxygens (including phenoxy) is 1. The van der Waals surface area contributed by atoms with Crippen LogP contribution in [0.4, 0.5) is 0 Å². The first kappa shape index (κ1) is 10.9. The van der Waals surface area contributed by atoms with Crippen molar-refractivity contribution in [3.8, 4) is 0 Å². The van der Waals surface area contributed by atoms with Crippen molar-refractivity contribution in [2.24, 2.45) is 5.92 Å². The zero-order chi connectivity index (χ0) is 10.7. The van der Waals surface area contributed by atoms with Gasteiger partial charge in [0.15, 0.2) is 0 Å². The summed E-state index contributed by atoms with van der Waals surface area (Å²) < 4.78 is 5.29. The lowest BCUT2D eigenvalue weighted by Gasteiger charge is -2.29. The molecule has 0 aromatic heterocycles. The molecule has 86 valence electrons. The molecule has 4 nitrogen and oxygen atoms in total. The first-order chi connectivity index (χ1) is 7.25. The van der Waals surface area contributed by atoms with Crippen molar-refractivity contribution in [2.75, 3.05) is 13.2 Å². The van der Waals surface area contributed by atoms with Gasteiger partial charge in [0.2, 0.25) is 0 Å². The van der Waals surface area contributed by atoms with Crippen LogP contribution in [0.25, 0.3) is 0 Å². The van der Waals surface area contributed by atoms with Crippen molar-refractivity contribution < 1.29 is 14.6 Å². The molecule has 2 N–H and O–H groups in total. The Bertz CT molecular complexity index is 226. The maximum absolute atomic E-state index is 10.9. The Morgan fingerprint density at radius 1 is 1.27 bits per heavy atom. The third-order valence-corrected chi connectivity index (χ3v) is 3.42. The third-order valence-electron chi connectivity index (χ3n) is 3.42. The van der Waals surface area contributed by atoms with E-state index in [1.54, 1.807) is 0 Å². The van der Waals surface area contributed by atoms with Crippen LogP contribution in [-0.4, -0.2) is 36.4 Å². The molecule has 1 heterocycles. The van der Waals surface area contributed by atoms with Crippen LogP contribution in [0.2, 0.25) is 0 Å². The monoisotopic (exact) mass is 213 g/mol. The number of carboxylic acids is 1. The number of carboxylic acid groups (broad SMARTS) is 1. The summed E-state index contributed by atoms with van der Waals surface area (Å²) in [6, 6.07) is 0.828. The second-order valence-corrected chi connectivity index (χ2v) is 4.63. The number of hydrogen-bond acceptors (Lipinski definition) is 3. The van der Waals surface area contributed by atoms with Crippen LogP contribution >= 0.6 is 0 Å². The summed E-state index contributed by atoms with van der Waals surface area (Å²) in [6.45, 7) is 1.63. The molecule has 0 aromatic rings. The Kier molecular flexibility index (Phi) is 3.59. The normalized spacial score (nSPS) is 36.7. The van der Waals surface area contributed by atoms with Gasteiger partial charge < -0.3 is 15.2 Å². The van der Waals surface area contributed by atoms with Crippen molar-refractivity contribution in [1.29, 1.82) is 0 Å². The smallest absolute Gasteiger partial charge is 0.306 e. The number of nitrogens with one attached hydrogen (secondary N) is 1. The summed E-state index contributed by atoms with van der Waals surface area (Å²) in [4.78, 5) is 10.9. The summed E-state index contributed by atoms with van der Waals surface area (Å²) in [5.74, 6) is -0.775. The molecule has 4 heteroatoms. The first-order valence-electron chi connectivity index (χ1n) is 5.82. The Morgan fingerprint density at radius 2 is 2.13 bits per heavy atom. The Morgan fingerprint density at radius 3 is 2.80 bits per heavy atom. The number of aliphatic carboxylic acids is 1. The zero-order valence-electron chi connectivity index (χ0n) is 8.95. The summed E-state index contributed by atoms with van der Waals surface area (Å²) >= 11 is 0. The summed E-state index contributed by atoms with van der Waals surface area (Å²) in [7, 11) is 0. The lowest BCUT2D eigenvalue weighted by atomic mass is 9.85. The van der Waals surface area contributed by atoms with Gasteiger partial charge in [-0.15, -0.1) is 0 Å². The van der Waals surface area contributed by atoms with Gasteiger partial charge in [0.25, 0.3) is 0 Å². The van der Waals surface area contributed by atoms with E-state index in [1.807, 2.05) is 0 Å². The van der Waals surface area contributed by atoms with Gasteiger partial charge in [0, 0.05) is 18.7 Å². The Labute approximate surface area is 90.0 Å². The van der Waals surface area contributed by atoms with Crippen LogP contribution in [0.5, 0.6) is 0 Å². The van der Waals surface area contributed by atoms with Crippen LogP contribution in [0.15, 0.2) is 0 Å². The van der Waals surface area contributed by atoms with Gasteiger partial charge in [-0.3, -0.25) is 4.79 Å². The third kappa shape index (κ3) is 2.92. The fourth-order valence-corrected chi connectivity index (χ4v) is 2.56. The van der Waals surface area contributed by atoms with Crippen molar-refractivity contribution in [1.82, 2.24) is 5.32 Å². The SMILES string of the molecule is O=C(O)C1CCCC(NC2CCOC2)C1. The predicted octanol–water partition coefficient (Wildman–Crippen LogP) is 1.01. The van der Waals surface area contributed by atoms with Gasteiger partial charge in [-0.05, 0) is 25.7 Å². The molecule has 15 heavy (non-hydrogen) atoms. The zero-order valence-corrected chi connectivity index (χ0v) is 8.95. The molecule has 0 radical (unpaired) electrons. The maximum atomic E-state index is 10.9. The summed E-state index contributed by atoms with van der Waals surface area (Å²) in [5.41, 5.74) is 0. The highest BCUT2D eigenvalue weighted by molar-refractivity contribution is 5.70. The van der Waals surface area contributed by atoms with Gasteiger partial charge in [0.05, 0.1) is 12.5 Å². The lowest BCUT2D eigenvalue weighted by molar-refractivity contribution is -0.143. The molecule has 2 fully saturated rings. The summed E-state index contributed by atoms with van der Waals surface area (Å²) in [5, 5.41) is 12.5. The molecule has 3 unspecified atom stereocenters. The van der Waals surface area contributed by atoms with E-state index in [0.29, 0.717) is 12.1 Å². The van der Waals surface area contributed by atoms with Gasteiger partial charge in [-0.2, -0.15) is 0 Å². The molecule has 1 aliphatic carbocycles. The van der Waals surface area contributed by atoms with E-state index in [2.05, 4.69) is 5.32 Å². The molecule has 2 aliphatic rings. The van der Waals surface area contributed by atoms with Gasteiger partial charge in [-0.25, -0.2) is 0 Å². The van der Waals surface area contributed by atoms with E-state index in [4.69, 9.17) is 9.84 Å². The highest BCUT2D eigenvalue weighted by Crippen LogP contribution is 2.25. The van der Waals surface area contributed by atoms with Gasteiger partial charge in [-0.1, -0.05) is 6.42 Å². The minimum Gasteiger partial charge on any atom is -0.481 e. The molecule has 0 amide bonds. The molecule has 0 bridgehead atoms. The van der Waals surface area contributed by atoms with E-state index in [1.165, 1.54) is 0 Å². The van der Waals surface area contributed by atoms with Crippen LogP contribution in [0.3, 0.4) is 0 Å². The van der Waals surface area contributed by atoms with E-state index in [-0.39, 0.29) is 5.92 Å². The quantitative estimate of drug-likeness (QED) is 0.734. The minimum atomic E-state index is -0.635. The molecule has 3 atom stereocenters. The second kappa shape index (κ2) is 4.94. The van der Waals surface area contributed by atoms with E-state index in [9.17, 15) is 4.79 Å². The average Bonchev–Trinajstić information content (AvgIpc) is 2.71. The Balaban J connectivity index is 1.79. The van der Waals surface area contributed by atoms with Crippen LogP contribution in [0.1, 0.15) is 32.1 Å². The van der Waals surface area contributed by atoms with Gasteiger partial charge in [0.1, 0.15) is 0 Å². The fourth-order valence-electron chi connectivity index (χ4n) is 2.56.